The van der Waals surface area contributed by atoms with Crippen LogP contribution in [0.3, 0.4) is 0 Å². The van der Waals surface area contributed by atoms with Gasteiger partial charge in [0.15, 0.2) is 0 Å². The zero-order valence-corrected chi connectivity index (χ0v) is 12.7. The van der Waals surface area contributed by atoms with E-state index in [1.54, 1.807) is 23.1 Å². The third-order valence-electron chi connectivity index (χ3n) is 3.08. The van der Waals surface area contributed by atoms with Crippen LogP contribution in [-0.2, 0) is 10.7 Å². The first-order valence-corrected chi connectivity index (χ1v) is 7.36. The molecule has 4 nitrogen and oxygen atoms in total. The van der Waals surface area contributed by atoms with E-state index in [0.717, 1.165) is 5.56 Å². The fraction of sp³-hybridized carbons (Fsp3) is 0.467. The maximum atomic E-state index is 11.9. The molecule has 0 spiro atoms. The van der Waals surface area contributed by atoms with Crippen LogP contribution < -0.4 is 5.32 Å². The SMILES string of the molecule is CCN(CC)C(=O)CCNC(=O)c1cccc(CCl)c1. The van der Waals surface area contributed by atoms with Gasteiger partial charge in [0.1, 0.15) is 0 Å². The lowest BCUT2D eigenvalue weighted by Gasteiger charge is -2.18. The summed E-state index contributed by atoms with van der Waals surface area (Å²) in [6, 6.07) is 7.16. The van der Waals surface area contributed by atoms with E-state index in [1.807, 2.05) is 19.9 Å². The van der Waals surface area contributed by atoms with E-state index in [0.29, 0.717) is 37.5 Å². The van der Waals surface area contributed by atoms with Crippen molar-refractivity contribution in [3.8, 4) is 0 Å². The average Bonchev–Trinajstić information content (AvgIpc) is 2.48. The maximum Gasteiger partial charge on any atom is 0.251 e. The van der Waals surface area contributed by atoms with Crippen molar-refractivity contribution in [2.75, 3.05) is 19.6 Å². The number of halogens is 1. The summed E-state index contributed by atoms with van der Waals surface area (Å²) in [5.41, 5.74) is 1.47. The van der Waals surface area contributed by atoms with Crippen LogP contribution >= 0.6 is 11.6 Å². The zero-order valence-electron chi connectivity index (χ0n) is 12.0. The molecule has 0 saturated carbocycles. The summed E-state index contributed by atoms with van der Waals surface area (Å²) in [5.74, 6) is 0.260. The summed E-state index contributed by atoms with van der Waals surface area (Å²) < 4.78 is 0. The van der Waals surface area contributed by atoms with Crippen LogP contribution in [0.25, 0.3) is 0 Å². The first kappa shape index (κ1) is 16.5. The van der Waals surface area contributed by atoms with Gasteiger partial charge in [-0.15, -0.1) is 11.6 Å². The van der Waals surface area contributed by atoms with E-state index < -0.39 is 0 Å². The molecule has 0 aliphatic rings. The van der Waals surface area contributed by atoms with Crippen LogP contribution in [-0.4, -0.2) is 36.3 Å². The van der Waals surface area contributed by atoms with E-state index in [2.05, 4.69) is 5.32 Å². The molecule has 1 rings (SSSR count). The van der Waals surface area contributed by atoms with Gasteiger partial charge in [-0.2, -0.15) is 0 Å². The number of nitrogens with zero attached hydrogens (tertiary/aromatic N) is 1. The Hall–Kier alpha value is -1.55. The Morgan fingerprint density at radius 1 is 1.25 bits per heavy atom. The zero-order chi connectivity index (χ0) is 15.0. The largest absolute Gasteiger partial charge is 0.352 e. The Morgan fingerprint density at radius 2 is 1.95 bits per heavy atom. The first-order valence-electron chi connectivity index (χ1n) is 6.83. The standard InChI is InChI=1S/C15H21ClN2O2/c1-3-18(4-2)14(19)8-9-17-15(20)13-7-5-6-12(10-13)11-16/h5-7,10H,3-4,8-9,11H2,1-2H3,(H,17,20). The first-order chi connectivity index (χ1) is 9.62. The van der Waals surface area contributed by atoms with Crippen molar-refractivity contribution in [3.63, 3.8) is 0 Å². The summed E-state index contributed by atoms with van der Waals surface area (Å²) in [4.78, 5) is 25.5. The molecule has 1 aromatic rings. The molecule has 0 radical (unpaired) electrons. The molecule has 0 bridgehead atoms. The van der Waals surface area contributed by atoms with Crippen LogP contribution in [0.15, 0.2) is 24.3 Å². The van der Waals surface area contributed by atoms with Crippen LogP contribution in [0, 0.1) is 0 Å². The summed E-state index contributed by atoms with van der Waals surface area (Å²) in [6.45, 7) is 5.62. The molecule has 0 fully saturated rings. The number of carbonyl (C=O) groups excluding carboxylic acids is 2. The van der Waals surface area contributed by atoms with Crippen molar-refractivity contribution in [1.82, 2.24) is 10.2 Å². The highest BCUT2D eigenvalue weighted by Crippen LogP contribution is 2.07. The van der Waals surface area contributed by atoms with Gasteiger partial charge >= 0.3 is 0 Å². The summed E-state index contributed by atoms with van der Waals surface area (Å²) in [6.07, 6.45) is 0.322. The molecule has 0 heterocycles. The van der Waals surface area contributed by atoms with E-state index in [9.17, 15) is 9.59 Å². The molecule has 0 aliphatic heterocycles. The van der Waals surface area contributed by atoms with Gasteiger partial charge in [-0.05, 0) is 31.5 Å². The fourth-order valence-electron chi connectivity index (χ4n) is 1.92. The molecule has 5 heteroatoms. The molecule has 1 aromatic carbocycles. The van der Waals surface area contributed by atoms with Crippen molar-refractivity contribution in [3.05, 3.63) is 35.4 Å². The molecular formula is C15H21ClN2O2. The number of amides is 2. The molecule has 110 valence electrons. The van der Waals surface area contributed by atoms with Gasteiger partial charge in [0.05, 0.1) is 0 Å². The van der Waals surface area contributed by atoms with Crippen LogP contribution in [0.2, 0.25) is 0 Å². The number of rotatable bonds is 7. The smallest absolute Gasteiger partial charge is 0.251 e. The predicted molar refractivity (Wildman–Crippen MR) is 80.9 cm³/mol. The van der Waals surface area contributed by atoms with Gasteiger partial charge < -0.3 is 10.2 Å². The highest BCUT2D eigenvalue weighted by Gasteiger charge is 2.10. The minimum Gasteiger partial charge on any atom is -0.352 e. The van der Waals surface area contributed by atoms with Gasteiger partial charge in [0.25, 0.3) is 5.91 Å². The topological polar surface area (TPSA) is 49.4 Å². The van der Waals surface area contributed by atoms with Crippen LogP contribution in [0.4, 0.5) is 0 Å². The quantitative estimate of drug-likeness (QED) is 0.786. The third-order valence-corrected chi connectivity index (χ3v) is 3.39. The number of hydrogen-bond acceptors (Lipinski definition) is 2. The van der Waals surface area contributed by atoms with Gasteiger partial charge in [0.2, 0.25) is 5.91 Å². The average molecular weight is 297 g/mol. The monoisotopic (exact) mass is 296 g/mol. The Morgan fingerprint density at radius 3 is 2.55 bits per heavy atom. The molecule has 0 atom stereocenters. The molecule has 0 unspecified atom stereocenters. The number of nitrogens with one attached hydrogen (secondary N) is 1. The van der Waals surface area contributed by atoms with Gasteiger partial charge in [-0.1, -0.05) is 12.1 Å². The molecule has 2 amide bonds. The van der Waals surface area contributed by atoms with Crippen molar-refractivity contribution in [2.45, 2.75) is 26.1 Å². The van der Waals surface area contributed by atoms with Crippen LogP contribution in [0.5, 0.6) is 0 Å². The second-order valence-electron chi connectivity index (χ2n) is 4.41. The highest BCUT2D eigenvalue weighted by molar-refractivity contribution is 6.17. The van der Waals surface area contributed by atoms with E-state index in [4.69, 9.17) is 11.6 Å². The second kappa shape index (κ2) is 8.59. The number of alkyl halides is 1. The molecule has 20 heavy (non-hydrogen) atoms. The predicted octanol–water partition coefficient (Wildman–Crippen LogP) is 2.41. The lowest BCUT2D eigenvalue weighted by atomic mass is 10.1. The summed E-state index contributed by atoms with van der Waals surface area (Å²) in [7, 11) is 0. The number of carbonyl (C=O) groups is 2. The molecule has 0 saturated heterocycles. The van der Waals surface area contributed by atoms with Crippen LogP contribution in [0.1, 0.15) is 36.2 Å². The minimum absolute atomic E-state index is 0.0600. The number of benzene rings is 1. The maximum absolute atomic E-state index is 11.9. The van der Waals surface area contributed by atoms with Crippen molar-refractivity contribution < 1.29 is 9.59 Å². The molecular weight excluding hydrogens is 276 g/mol. The summed E-state index contributed by atoms with van der Waals surface area (Å²) >= 11 is 5.73. The lowest BCUT2D eigenvalue weighted by molar-refractivity contribution is -0.130. The summed E-state index contributed by atoms with van der Waals surface area (Å²) in [5, 5.41) is 2.75. The lowest BCUT2D eigenvalue weighted by Crippen LogP contribution is -2.34. The van der Waals surface area contributed by atoms with Gasteiger partial charge in [0, 0.05) is 37.5 Å². The third kappa shape index (κ3) is 4.85. The van der Waals surface area contributed by atoms with Crippen molar-refractivity contribution in [2.24, 2.45) is 0 Å². The number of hydrogen-bond donors (Lipinski definition) is 1. The normalized spacial score (nSPS) is 10.2. The van der Waals surface area contributed by atoms with Crippen molar-refractivity contribution in [1.29, 1.82) is 0 Å². The Balaban J connectivity index is 2.45. The fourth-order valence-corrected chi connectivity index (χ4v) is 2.08. The molecule has 0 aliphatic carbocycles. The second-order valence-corrected chi connectivity index (χ2v) is 4.67. The van der Waals surface area contributed by atoms with Gasteiger partial charge in [-0.3, -0.25) is 9.59 Å². The van der Waals surface area contributed by atoms with E-state index >= 15 is 0 Å². The van der Waals surface area contributed by atoms with Crippen molar-refractivity contribution >= 4 is 23.4 Å². The molecule has 0 aromatic heterocycles. The molecule has 1 N–H and O–H groups in total. The Kier molecular flexibility index (Phi) is 7.09. The Bertz CT molecular complexity index is 459. The van der Waals surface area contributed by atoms with E-state index in [-0.39, 0.29) is 11.8 Å². The highest BCUT2D eigenvalue weighted by atomic mass is 35.5. The Labute approximate surface area is 125 Å². The van der Waals surface area contributed by atoms with E-state index in [1.165, 1.54) is 0 Å². The minimum atomic E-state index is -0.177. The van der Waals surface area contributed by atoms with Gasteiger partial charge in [-0.25, -0.2) is 0 Å².